The molecule has 0 saturated heterocycles. The molecule has 0 fully saturated rings. The first-order valence-electron chi connectivity index (χ1n) is 4.05. The molecule has 78 valence electrons. The molecule has 0 aromatic carbocycles. The molecule has 0 unspecified atom stereocenters. The molecule has 2 N–H and O–H groups in total. The van der Waals surface area contributed by atoms with Crippen molar-refractivity contribution in [1.82, 2.24) is 0 Å². The number of carbonyl (C=O) groups excluding carboxylic acids is 1. The molecule has 0 aromatic rings. The molecule has 0 heterocycles. The summed E-state index contributed by atoms with van der Waals surface area (Å²) in [5.74, 6) is 4.08. The van der Waals surface area contributed by atoms with Gasteiger partial charge in [-0.2, -0.15) is 18.3 Å². The van der Waals surface area contributed by atoms with Crippen LogP contribution >= 0.6 is 0 Å². The lowest BCUT2D eigenvalue weighted by atomic mass is 9.94. The van der Waals surface area contributed by atoms with Gasteiger partial charge in [0.05, 0.1) is 0 Å². The van der Waals surface area contributed by atoms with Gasteiger partial charge in [-0.05, 0) is 12.8 Å². The molecule has 1 aliphatic carbocycles. The van der Waals surface area contributed by atoms with Crippen LogP contribution in [0, 0.1) is 0 Å². The molecular formula is C8H9F3N2O. The van der Waals surface area contributed by atoms with Crippen LogP contribution in [-0.2, 0) is 4.79 Å². The Kier molecular flexibility index (Phi) is 2.93. The third-order valence-electron chi connectivity index (χ3n) is 1.91. The second kappa shape index (κ2) is 3.81. The van der Waals surface area contributed by atoms with Crippen LogP contribution in [0.3, 0.4) is 0 Å². The highest BCUT2D eigenvalue weighted by Gasteiger charge is 2.40. The summed E-state index contributed by atoms with van der Waals surface area (Å²) >= 11 is 0. The zero-order chi connectivity index (χ0) is 10.8. The van der Waals surface area contributed by atoms with Gasteiger partial charge in [0.15, 0.2) is 11.5 Å². The lowest BCUT2D eigenvalue weighted by molar-refractivity contribution is -0.116. The first-order chi connectivity index (χ1) is 6.46. The van der Waals surface area contributed by atoms with E-state index in [1.165, 1.54) is 6.08 Å². The van der Waals surface area contributed by atoms with E-state index in [2.05, 4.69) is 10.9 Å². The van der Waals surface area contributed by atoms with Crippen molar-refractivity contribution in [3.63, 3.8) is 0 Å². The summed E-state index contributed by atoms with van der Waals surface area (Å²) in [6.07, 6.45) is -2.26. The Morgan fingerprint density at radius 2 is 2.14 bits per heavy atom. The maximum Gasteiger partial charge on any atom is 0.435 e. The number of nitrogens with zero attached hydrogens (tertiary/aromatic N) is 1. The van der Waals surface area contributed by atoms with Crippen LogP contribution in [0.2, 0.25) is 0 Å². The highest BCUT2D eigenvalue weighted by Crippen LogP contribution is 2.26. The number of ketones is 1. The molecule has 0 amide bonds. The average molecular weight is 206 g/mol. The molecule has 0 aliphatic heterocycles. The van der Waals surface area contributed by atoms with Gasteiger partial charge in [-0.15, -0.1) is 0 Å². The van der Waals surface area contributed by atoms with E-state index in [1.807, 2.05) is 0 Å². The number of Topliss-reactive ketones (excluding diaryl/α,β-unsaturated/α-hetero) is 1. The second-order valence-electron chi connectivity index (χ2n) is 2.91. The van der Waals surface area contributed by atoms with E-state index in [-0.39, 0.29) is 6.42 Å². The summed E-state index contributed by atoms with van der Waals surface area (Å²) in [5.41, 5.74) is -1.67. The fraction of sp³-hybridized carbons (Fsp3) is 0.500. The van der Waals surface area contributed by atoms with E-state index in [9.17, 15) is 18.0 Å². The molecule has 3 nitrogen and oxygen atoms in total. The first-order valence-corrected chi connectivity index (χ1v) is 4.05. The number of nitrogens with two attached hydrogens (primary N) is 1. The molecule has 1 aliphatic rings. The van der Waals surface area contributed by atoms with Crippen LogP contribution in [0.5, 0.6) is 0 Å². The number of hydrogen-bond donors (Lipinski definition) is 1. The van der Waals surface area contributed by atoms with Crippen molar-refractivity contribution < 1.29 is 18.0 Å². The molecule has 0 spiro atoms. The Hall–Kier alpha value is -1.33. The van der Waals surface area contributed by atoms with Crippen LogP contribution in [0.15, 0.2) is 16.8 Å². The topological polar surface area (TPSA) is 55.4 Å². The number of halogens is 3. The lowest BCUT2D eigenvalue weighted by Crippen LogP contribution is -2.30. The average Bonchev–Trinajstić information content (AvgIpc) is 2.07. The van der Waals surface area contributed by atoms with Gasteiger partial charge in [0.2, 0.25) is 0 Å². The Balaban J connectivity index is 3.02. The highest BCUT2D eigenvalue weighted by molar-refractivity contribution is 6.24. The van der Waals surface area contributed by atoms with Crippen molar-refractivity contribution >= 4 is 11.5 Å². The van der Waals surface area contributed by atoms with Gasteiger partial charge in [-0.25, -0.2) is 0 Å². The Bertz CT molecular complexity index is 304. The zero-order valence-corrected chi connectivity index (χ0v) is 7.27. The minimum absolute atomic E-state index is 0.126. The third kappa shape index (κ3) is 2.12. The van der Waals surface area contributed by atoms with Crippen LogP contribution < -0.4 is 5.84 Å². The van der Waals surface area contributed by atoms with Crippen molar-refractivity contribution in [1.29, 1.82) is 0 Å². The molecule has 0 atom stereocenters. The molecule has 6 heteroatoms. The van der Waals surface area contributed by atoms with Crippen LogP contribution in [0.4, 0.5) is 13.2 Å². The normalized spacial score (nSPS) is 19.5. The van der Waals surface area contributed by atoms with Crippen LogP contribution in [0.1, 0.15) is 19.3 Å². The maximum atomic E-state index is 12.3. The van der Waals surface area contributed by atoms with Crippen LogP contribution in [0.25, 0.3) is 0 Å². The highest BCUT2D eigenvalue weighted by atomic mass is 19.4. The smallest absolute Gasteiger partial charge is 0.323 e. The second-order valence-corrected chi connectivity index (χ2v) is 2.91. The van der Waals surface area contributed by atoms with Gasteiger partial charge in [0.25, 0.3) is 0 Å². The zero-order valence-electron chi connectivity index (χ0n) is 7.27. The van der Waals surface area contributed by atoms with Gasteiger partial charge in [-0.1, -0.05) is 6.08 Å². The summed E-state index contributed by atoms with van der Waals surface area (Å²) in [7, 11) is 0. The molecule has 0 bridgehead atoms. The summed E-state index contributed by atoms with van der Waals surface area (Å²) in [6.45, 7) is 0. The largest absolute Gasteiger partial charge is 0.435 e. The van der Waals surface area contributed by atoms with Crippen LogP contribution in [-0.4, -0.2) is 17.7 Å². The van der Waals surface area contributed by atoms with Gasteiger partial charge >= 0.3 is 6.18 Å². The Morgan fingerprint density at radius 1 is 1.50 bits per heavy atom. The molecule has 14 heavy (non-hydrogen) atoms. The fourth-order valence-corrected chi connectivity index (χ4v) is 1.28. The van der Waals surface area contributed by atoms with Crippen molar-refractivity contribution in [2.75, 3.05) is 0 Å². The SMILES string of the molecule is NN=C(C1=CCCCC1=O)C(F)(F)F. The monoisotopic (exact) mass is 206 g/mol. The number of hydrogen-bond acceptors (Lipinski definition) is 3. The Morgan fingerprint density at radius 3 is 2.57 bits per heavy atom. The van der Waals surface area contributed by atoms with Crippen molar-refractivity contribution in [2.24, 2.45) is 10.9 Å². The predicted molar refractivity (Wildman–Crippen MR) is 44.6 cm³/mol. The fourth-order valence-electron chi connectivity index (χ4n) is 1.28. The quantitative estimate of drug-likeness (QED) is 0.402. The number of hydrazone groups is 1. The summed E-state index contributed by atoms with van der Waals surface area (Å²) < 4.78 is 36.8. The minimum atomic E-state index is -4.66. The predicted octanol–water partition coefficient (Wildman–Crippen LogP) is 1.54. The minimum Gasteiger partial charge on any atom is -0.323 e. The molecule has 0 saturated carbocycles. The van der Waals surface area contributed by atoms with E-state index < -0.39 is 23.2 Å². The summed E-state index contributed by atoms with van der Waals surface area (Å²) in [6, 6.07) is 0. The first kappa shape index (κ1) is 10.7. The van der Waals surface area contributed by atoms with E-state index >= 15 is 0 Å². The van der Waals surface area contributed by atoms with Crippen molar-refractivity contribution in [3.8, 4) is 0 Å². The van der Waals surface area contributed by atoms with E-state index in [1.54, 1.807) is 0 Å². The number of carbonyl (C=O) groups is 1. The number of allylic oxidation sites excluding steroid dienone is 2. The maximum absolute atomic E-state index is 12.3. The van der Waals surface area contributed by atoms with Crippen molar-refractivity contribution in [3.05, 3.63) is 11.6 Å². The number of alkyl halides is 3. The van der Waals surface area contributed by atoms with Gasteiger partial charge in [0.1, 0.15) is 0 Å². The molecular weight excluding hydrogens is 197 g/mol. The third-order valence-corrected chi connectivity index (χ3v) is 1.91. The molecule has 0 aromatic heterocycles. The van der Waals surface area contributed by atoms with Gasteiger partial charge in [-0.3, -0.25) is 4.79 Å². The van der Waals surface area contributed by atoms with Crippen molar-refractivity contribution in [2.45, 2.75) is 25.4 Å². The standard InChI is InChI=1S/C8H9F3N2O/c9-8(10,11)7(13-12)5-3-1-2-4-6(5)14/h3H,1-2,4,12H2. The van der Waals surface area contributed by atoms with E-state index in [0.717, 1.165) is 0 Å². The van der Waals surface area contributed by atoms with Gasteiger partial charge < -0.3 is 5.84 Å². The Labute approximate surface area is 78.5 Å². The molecule has 1 rings (SSSR count). The summed E-state index contributed by atoms with van der Waals surface area (Å²) in [4.78, 5) is 11.1. The lowest BCUT2D eigenvalue weighted by Gasteiger charge is -2.15. The van der Waals surface area contributed by atoms with E-state index in [4.69, 9.17) is 0 Å². The van der Waals surface area contributed by atoms with Gasteiger partial charge in [0, 0.05) is 12.0 Å². The molecule has 0 radical (unpaired) electrons. The number of rotatable bonds is 1. The summed E-state index contributed by atoms with van der Waals surface area (Å²) in [5, 5.41) is 2.64. The van der Waals surface area contributed by atoms with E-state index in [0.29, 0.717) is 12.8 Å².